The molecule has 1 aromatic heterocycles. The number of nitrogens with zero attached hydrogens (tertiary/aromatic N) is 1. The number of ether oxygens (including phenoxy) is 1. The molecule has 2 rings (SSSR count). The summed E-state index contributed by atoms with van der Waals surface area (Å²) in [4.78, 5) is 27.6. The van der Waals surface area contributed by atoms with Crippen LogP contribution in [0.15, 0.2) is 29.6 Å². The van der Waals surface area contributed by atoms with E-state index in [2.05, 4.69) is 42.2 Å². The zero-order chi connectivity index (χ0) is 18.2. The molecule has 2 aromatic rings. The number of hydrogen-bond donors (Lipinski definition) is 1. The average molecular weight is 356 g/mol. The van der Waals surface area contributed by atoms with Gasteiger partial charge in [-0.15, -0.1) is 17.8 Å². The minimum Gasteiger partial charge on any atom is -0.455 e. The van der Waals surface area contributed by atoms with E-state index in [0.717, 1.165) is 10.6 Å². The Morgan fingerprint density at radius 3 is 2.68 bits per heavy atom. The minimum atomic E-state index is -0.497. The fourth-order valence-corrected chi connectivity index (χ4v) is 2.90. The number of rotatable bonds is 7. The van der Waals surface area contributed by atoms with Gasteiger partial charge in [0.15, 0.2) is 6.61 Å². The maximum absolute atomic E-state index is 11.8. The Hall–Kier alpha value is -2.65. The molecule has 1 amide bonds. The van der Waals surface area contributed by atoms with E-state index in [9.17, 15) is 9.59 Å². The van der Waals surface area contributed by atoms with Crippen LogP contribution in [0.1, 0.15) is 31.0 Å². The Bertz CT molecular complexity index is 773. The van der Waals surface area contributed by atoms with Crippen molar-refractivity contribution in [2.45, 2.75) is 26.2 Å². The minimum absolute atomic E-state index is 0.0308. The number of amides is 1. The summed E-state index contributed by atoms with van der Waals surface area (Å²) in [7, 11) is 0. The second kappa shape index (κ2) is 9.00. The van der Waals surface area contributed by atoms with Crippen LogP contribution < -0.4 is 5.32 Å². The van der Waals surface area contributed by atoms with Crippen LogP contribution in [-0.2, 0) is 20.7 Å². The molecule has 25 heavy (non-hydrogen) atoms. The van der Waals surface area contributed by atoms with Crippen LogP contribution in [0.3, 0.4) is 0 Å². The summed E-state index contributed by atoms with van der Waals surface area (Å²) in [6.45, 7) is 4.07. The highest BCUT2D eigenvalue weighted by molar-refractivity contribution is 7.13. The van der Waals surface area contributed by atoms with E-state index in [0.29, 0.717) is 11.6 Å². The lowest BCUT2D eigenvalue weighted by molar-refractivity contribution is -0.147. The normalized spacial score (nSPS) is 10.3. The molecule has 6 heteroatoms. The monoisotopic (exact) mass is 356 g/mol. The molecule has 130 valence electrons. The Labute approximate surface area is 151 Å². The van der Waals surface area contributed by atoms with Gasteiger partial charge in [0, 0.05) is 10.9 Å². The van der Waals surface area contributed by atoms with Crippen LogP contribution in [0.4, 0.5) is 0 Å². The molecule has 0 unspecified atom stereocenters. The van der Waals surface area contributed by atoms with E-state index >= 15 is 0 Å². The molecule has 0 aliphatic rings. The van der Waals surface area contributed by atoms with E-state index in [-0.39, 0.29) is 19.6 Å². The zero-order valence-electron chi connectivity index (χ0n) is 14.2. The third kappa shape index (κ3) is 5.73. The maximum atomic E-state index is 11.8. The van der Waals surface area contributed by atoms with Crippen LogP contribution in [0.5, 0.6) is 0 Å². The average Bonchev–Trinajstić information content (AvgIpc) is 3.06. The lowest BCUT2D eigenvalue weighted by Crippen LogP contribution is -2.29. The van der Waals surface area contributed by atoms with Crippen LogP contribution in [0.25, 0.3) is 10.6 Å². The first kappa shape index (κ1) is 18.7. The van der Waals surface area contributed by atoms with E-state index in [4.69, 9.17) is 11.2 Å². The first-order chi connectivity index (χ1) is 12.0. The molecule has 0 fully saturated rings. The van der Waals surface area contributed by atoms with Crippen molar-refractivity contribution in [1.29, 1.82) is 0 Å². The van der Waals surface area contributed by atoms with Gasteiger partial charge in [0.05, 0.1) is 18.7 Å². The zero-order valence-corrected chi connectivity index (χ0v) is 15.1. The number of benzene rings is 1. The van der Waals surface area contributed by atoms with Gasteiger partial charge in [-0.25, -0.2) is 4.98 Å². The summed E-state index contributed by atoms with van der Waals surface area (Å²) in [5, 5.41) is 5.10. The molecule has 0 saturated heterocycles. The number of terminal acetylenes is 1. The lowest BCUT2D eigenvalue weighted by atomic mass is 10.0. The highest BCUT2D eigenvalue weighted by Crippen LogP contribution is 2.26. The molecule has 0 spiro atoms. The highest BCUT2D eigenvalue weighted by atomic mass is 32.1. The number of carbonyl (C=O) groups is 2. The summed E-state index contributed by atoms with van der Waals surface area (Å²) >= 11 is 1.47. The summed E-state index contributed by atoms with van der Waals surface area (Å²) < 4.78 is 4.91. The number of aromatic nitrogens is 1. The second-order valence-corrected chi connectivity index (χ2v) is 6.60. The van der Waals surface area contributed by atoms with Crippen molar-refractivity contribution in [1.82, 2.24) is 10.3 Å². The van der Waals surface area contributed by atoms with Gasteiger partial charge >= 0.3 is 5.97 Å². The summed E-state index contributed by atoms with van der Waals surface area (Å²) in [6.07, 6.45) is 5.06. The smallest absolute Gasteiger partial charge is 0.312 e. The van der Waals surface area contributed by atoms with E-state index in [1.54, 1.807) is 0 Å². The largest absolute Gasteiger partial charge is 0.455 e. The molecular formula is C19H20N2O3S. The molecule has 0 aliphatic carbocycles. The molecular weight excluding hydrogens is 336 g/mol. The van der Waals surface area contributed by atoms with Crippen molar-refractivity contribution in [2.75, 3.05) is 13.2 Å². The maximum Gasteiger partial charge on any atom is 0.312 e. The first-order valence-corrected chi connectivity index (χ1v) is 8.78. The van der Waals surface area contributed by atoms with Crippen molar-refractivity contribution in [3.8, 4) is 22.9 Å². The Morgan fingerprint density at radius 2 is 2.04 bits per heavy atom. The van der Waals surface area contributed by atoms with Gasteiger partial charge < -0.3 is 10.1 Å². The van der Waals surface area contributed by atoms with Crippen molar-refractivity contribution < 1.29 is 14.3 Å². The number of hydrogen-bond acceptors (Lipinski definition) is 5. The molecule has 1 N–H and O–H groups in total. The number of carbonyl (C=O) groups excluding carboxylic acids is 2. The predicted octanol–water partition coefficient (Wildman–Crippen LogP) is 2.77. The van der Waals surface area contributed by atoms with Crippen molar-refractivity contribution in [2.24, 2.45) is 0 Å². The summed E-state index contributed by atoms with van der Waals surface area (Å²) in [5.74, 6) is 1.83. The topological polar surface area (TPSA) is 68.3 Å². The highest BCUT2D eigenvalue weighted by Gasteiger charge is 2.12. The number of nitrogens with one attached hydrogen (secondary N) is 1. The van der Waals surface area contributed by atoms with Gasteiger partial charge in [0.1, 0.15) is 5.01 Å². The predicted molar refractivity (Wildman–Crippen MR) is 98.1 cm³/mol. The van der Waals surface area contributed by atoms with E-state index < -0.39 is 11.9 Å². The fourth-order valence-electron chi connectivity index (χ4n) is 2.08. The van der Waals surface area contributed by atoms with Gasteiger partial charge in [0.2, 0.25) is 0 Å². The molecule has 0 saturated carbocycles. The molecule has 0 aliphatic heterocycles. The van der Waals surface area contributed by atoms with E-state index in [1.807, 2.05) is 17.5 Å². The Kier molecular flexibility index (Phi) is 6.72. The third-order valence-corrected chi connectivity index (χ3v) is 4.39. The standard InChI is InChI=1S/C19H20N2O3S/c1-4-9-20-17(22)11-24-18(23)10-16-12-25-19(21-16)15-7-5-14(6-8-15)13(2)3/h1,5-8,12-13H,9-11H2,2-3H3,(H,20,22). The fraction of sp³-hybridized carbons (Fsp3) is 0.316. The van der Waals surface area contributed by atoms with Crippen molar-refractivity contribution >= 4 is 23.2 Å². The second-order valence-electron chi connectivity index (χ2n) is 5.74. The van der Waals surface area contributed by atoms with Crippen LogP contribution in [0.2, 0.25) is 0 Å². The van der Waals surface area contributed by atoms with Gasteiger partial charge in [-0.3, -0.25) is 9.59 Å². The summed E-state index contributed by atoms with van der Waals surface area (Å²) in [5.41, 5.74) is 2.91. The quantitative estimate of drug-likeness (QED) is 0.612. The molecule has 5 nitrogen and oxygen atoms in total. The molecule has 1 heterocycles. The van der Waals surface area contributed by atoms with Crippen molar-refractivity contribution in [3.05, 3.63) is 40.9 Å². The van der Waals surface area contributed by atoms with Gasteiger partial charge in [0.25, 0.3) is 5.91 Å². The Morgan fingerprint density at radius 1 is 1.32 bits per heavy atom. The Balaban J connectivity index is 1.89. The van der Waals surface area contributed by atoms with E-state index in [1.165, 1.54) is 16.9 Å². The molecule has 0 bridgehead atoms. The van der Waals surface area contributed by atoms with Gasteiger partial charge in [-0.1, -0.05) is 44.0 Å². The molecule has 0 radical (unpaired) electrons. The van der Waals surface area contributed by atoms with Crippen LogP contribution in [0, 0.1) is 12.3 Å². The SMILES string of the molecule is C#CCNC(=O)COC(=O)Cc1csc(-c2ccc(C(C)C)cc2)n1. The molecule has 0 atom stereocenters. The van der Waals surface area contributed by atoms with Gasteiger partial charge in [-0.2, -0.15) is 0 Å². The number of thiazole rings is 1. The third-order valence-electron chi connectivity index (χ3n) is 3.45. The van der Waals surface area contributed by atoms with Gasteiger partial charge in [-0.05, 0) is 11.5 Å². The number of esters is 1. The van der Waals surface area contributed by atoms with Crippen LogP contribution >= 0.6 is 11.3 Å². The van der Waals surface area contributed by atoms with Crippen molar-refractivity contribution in [3.63, 3.8) is 0 Å². The first-order valence-electron chi connectivity index (χ1n) is 7.90. The summed E-state index contributed by atoms with van der Waals surface area (Å²) in [6, 6.07) is 8.24. The molecule has 1 aromatic carbocycles. The lowest BCUT2D eigenvalue weighted by Gasteiger charge is -2.05. The van der Waals surface area contributed by atoms with Crippen LogP contribution in [-0.4, -0.2) is 30.0 Å².